The van der Waals surface area contributed by atoms with Crippen molar-refractivity contribution >= 4 is 0 Å². The predicted molar refractivity (Wildman–Crippen MR) is 57.2 cm³/mol. The lowest BCUT2D eigenvalue weighted by atomic mass is 10.3. The SMILES string of the molecule is Cc1ccc(Oc2cccc(O)c2)nc1. The van der Waals surface area contributed by atoms with Crippen LogP contribution in [0, 0.1) is 6.92 Å². The highest BCUT2D eigenvalue weighted by Crippen LogP contribution is 2.22. The Labute approximate surface area is 88.0 Å². The van der Waals surface area contributed by atoms with Crippen LogP contribution in [-0.2, 0) is 0 Å². The van der Waals surface area contributed by atoms with Gasteiger partial charge in [-0.3, -0.25) is 0 Å². The fraction of sp³-hybridized carbons (Fsp3) is 0.0833. The summed E-state index contributed by atoms with van der Waals surface area (Å²) in [5.41, 5.74) is 1.08. The van der Waals surface area contributed by atoms with Crippen LogP contribution in [0.25, 0.3) is 0 Å². The number of hydrogen-bond donors (Lipinski definition) is 1. The van der Waals surface area contributed by atoms with E-state index in [2.05, 4.69) is 4.98 Å². The van der Waals surface area contributed by atoms with Crippen LogP contribution >= 0.6 is 0 Å². The summed E-state index contributed by atoms with van der Waals surface area (Å²) in [4.78, 5) is 4.10. The van der Waals surface area contributed by atoms with E-state index in [9.17, 15) is 5.11 Å². The van der Waals surface area contributed by atoms with Crippen molar-refractivity contribution < 1.29 is 9.84 Å². The minimum atomic E-state index is 0.180. The Kier molecular flexibility index (Phi) is 2.54. The second-order valence-corrected chi connectivity index (χ2v) is 3.27. The van der Waals surface area contributed by atoms with Crippen molar-refractivity contribution in [2.75, 3.05) is 0 Å². The van der Waals surface area contributed by atoms with Crippen molar-refractivity contribution in [3.63, 3.8) is 0 Å². The van der Waals surface area contributed by atoms with E-state index in [1.807, 2.05) is 13.0 Å². The van der Waals surface area contributed by atoms with Gasteiger partial charge >= 0.3 is 0 Å². The minimum absolute atomic E-state index is 0.180. The third kappa shape index (κ3) is 2.47. The molecule has 1 N–H and O–H groups in total. The number of aryl methyl sites for hydroxylation is 1. The standard InChI is InChI=1S/C12H11NO2/c1-9-5-6-12(13-8-9)15-11-4-2-3-10(14)7-11/h2-8,14H,1H3. The van der Waals surface area contributed by atoms with Gasteiger partial charge in [0.25, 0.3) is 0 Å². The molecule has 0 radical (unpaired) electrons. The molecule has 2 rings (SSSR count). The van der Waals surface area contributed by atoms with Gasteiger partial charge in [-0.05, 0) is 24.6 Å². The fourth-order valence-electron chi connectivity index (χ4n) is 1.18. The number of aromatic hydroxyl groups is 1. The summed E-state index contributed by atoms with van der Waals surface area (Å²) in [7, 11) is 0. The largest absolute Gasteiger partial charge is 0.508 e. The molecule has 0 saturated heterocycles. The van der Waals surface area contributed by atoms with Crippen molar-refractivity contribution in [2.45, 2.75) is 6.92 Å². The molecule has 1 aromatic heterocycles. The highest BCUT2D eigenvalue weighted by molar-refractivity contribution is 5.34. The first kappa shape index (κ1) is 9.52. The van der Waals surface area contributed by atoms with Gasteiger partial charge in [0.1, 0.15) is 11.5 Å². The van der Waals surface area contributed by atoms with Crippen LogP contribution in [0.5, 0.6) is 17.4 Å². The molecule has 1 heterocycles. The summed E-state index contributed by atoms with van der Waals surface area (Å²) < 4.78 is 5.44. The first-order valence-corrected chi connectivity index (χ1v) is 4.63. The molecule has 0 fully saturated rings. The number of benzene rings is 1. The molecule has 2 aromatic rings. The molecule has 3 heteroatoms. The van der Waals surface area contributed by atoms with Crippen LogP contribution in [-0.4, -0.2) is 10.1 Å². The number of phenolic OH excluding ortho intramolecular Hbond substituents is 1. The van der Waals surface area contributed by atoms with Crippen LogP contribution in [0.2, 0.25) is 0 Å². The molecule has 76 valence electrons. The number of rotatable bonds is 2. The lowest BCUT2D eigenvalue weighted by molar-refractivity contribution is 0.445. The molecular weight excluding hydrogens is 190 g/mol. The second-order valence-electron chi connectivity index (χ2n) is 3.27. The number of nitrogens with zero attached hydrogens (tertiary/aromatic N) is 1. The minimum Gasteiger partial charge on any atom is -0.508 e. The molecule has 0 aliphatic carbocycles. The van der Waals surface area contributed by atoms with Crippen LogP contribution in [0.3, 0.4) is 0 Å². The number of aromatic nitrogens is 1. The van der Waals surface area contributed by atoms with E-state index in [1.165, 1.54) is 0 Å². The van der Waals surface area contributed by atoms with Crippen LogP contribution in [0.1, 0.15) is 5.56 Å². The first-order chi connectivity index (χ1) is 7.24. The van der Waals surface area contributed by atoms with Crippen molar-refractivity contribution in [1.29, 1.82) is 0 Å². The topological polar surface area (TPSA) is 42.4 Å². The average Bonchev–Trinajstić information content (AvgIpc) is 2.22. The molecule has 0 atom stereocenters. The van der Waals surface area contributed by atoms with E-state index >= 15 is 0 Å². The molecule has 15 heavy (non-hydrogen) atoms. The molecule has 0 saturated carbocycles. The summed E-state index contributed by atoms with van der Waals surface area (Å²) in [6, 6.07) is 10.3. The number of pyridine rings is 1. The summed E-state index contributed by atoms with van der Waals surface area (Å²) >= 11 is 0. The summed E-state index contributed by atoms with van der Waals surface area (Å²) in [5.74, 6) is 1.28. The number of hydrogen-bond acceptors (Lipinski definition) is 3. The molecule has 0 aliphatic heterocycles. The van der Waals surface area contributed by atoms with E-state index in [4.69, 9.17) is 4.74 Å². The fourth-order valence-corrected chi connectivity index (χ4v) is 1.18. The lowest BCUT2D eigenvalue weighted by Gasteiger charge is -2.04. The van der Waals surface area contributed by atoms with Gasteiger partial charge in [-0.25, -0.2) is 4.98 Å². The third-order valence-electron chi connectivity index (χ3n) is 1.92. The zero-order chi connectivity index (χ0) is 10.7. The number of ether oxygens (including phenoxy) is 1. The molecule has 0 unspecified atom stereocenters. The Hall–Kier alpha value is -2.03. The highest BCUT2D eigenvalue weighted by Gasteiger charge is 1.98. The lowest BCUT2D eigenvalue weighted by Crippen LogP contribution is -1.87. The quantitative estimate of drug-likeness (QED) is 0.812. The second kappa shape index (κ2) is 4.00. The molecule has 0 spiro atoms. The van der Waals surface area contributed by atoms with Crippen molar-refractivity contribution in [2.24, 2.45) is 0 Å². The average molecular weight is 201 g/mol. The molecule has 1 aromatic carbocycles. The Morgan fingerprint density at radius 2 is 2.07 bits per heavy atom. The predicted octanol–water partition coefficient (Wildman–Crippen LogP) is 2.89. The first-order valence-electron chi connectivity index (χ1n) is 4.63. The smallest absolute Gasteiger partial charge is 0.219 e. The van der Waals surface area contributed by atoms with Crippen molar-refractivity contribution in [3.8, 4) is 17.4 Å². The van der Waals surface area contributed by atoms with E-state index in [0.29, 0.717) is 11.6 Å². The normalized spacial score (nSPS) is 9.93. The summed E-state index contributed by atoms with van der Waals surface area (Å²) in [6.45, 7) is 1.96. The van der Waals surface area contributed by atoms with E-state index < -0.39 is 0 Å². The molecule has 3 nitrogen and oxygen atoms in total. The van der Waals surface area contributed by atoms with Gasteiger partial charge in [-0.1, -0.05) is 12.1 Å². The Bertz CT molecular complexity index is 451. The zero-order valence-corrected chi connectivity index (χ0v) is 8.34. The van der Waals surface area contributed by atoms with Crippen LogP contribution in [0.4, 0.5) is 0 Å². The van der Waals surface area contributed by atoms with Gasteiger partial charge in [0.2, 0.25) is 5.88 Å². The molecule has 0 amide bonds. The van der Waals surface area contributed by atoms with Gasteiger partial charge in [-0.2, -0.15) is 0 Å². The Balaban J connectivity index is 2.18. The maximum Gasteiger partial charge on any atom is 0.219 e. The van der Waals surface area contributed by atoms with Gasteiger partial charge in [0.05, 0.1) is 0 Å². The van der Waals surface area contributed by atoms with Crippen molar-refractivity contribution in [1.82, 2.24) is 4.98 Å². The highest BCUT2D eigenvalue weighted by atomic mass is 16.5. The summed E-state index contributed by atoms with van der Waals surface area (Å²) in [5, 5.41) is 9.23. The third-order valence-corrected chi connectivity index (χ3v) is 1.92. The van der Waals surface area contributed by atoms with E-state index in [0.717, 1.165) is 5.56 Å². The van der Waals surface area contributed by atoms with Gasteiger partial charge < -0.3 is 9.84 Å². The maximum absolute atomic E-state index is 9.23. The van der Waals surface area contributed by atoms with Crippen molar-refractivity contribution in [3.05, 3.63) is 48.2 Å². The maximum atomic E-state index is 9.23. The summed E-state index contributed by atoms with van der Waals surface area (Å²) in [6.07, 6.45) is 1.73. The van der Waals surface area contributed by atoms with E-state index in [-0.39, 0.29) is 5.75 Å². The molecule has 0 aliphatic rings. The Morgan fingerprint density at radius 1 is 1.20 bits per heavy atom. The molecule has 0 bridgehead atoms. The van der Waals surface area contributed by atoms with Gasteiger partial charge in [0.15, 0.2) is 0 Å². The van der Waals surface area contributed by atoms with Crippen LogP contribution in [0.15, 0.2) is 42.6 Å². The van der Waals surface area contributed by atoms with E-state index in [1.54, 1.807) is 36.5 Å². The molecular formula is C12H11NO2. The van der Waals surface area contributed by atoms with Crippen LogP contribution < -0.4 is 4.74 Å². The number of phenols is 1. The van der Waals surface area contributed by atoms with Gasteiger partial charge in [0, 0.05) is 18.3 Å². The monoisotopic (exact) mass is 201 g/mol. The zero-order valence-electron chi connectivity index (χ0n) is 8.34. The van der Waals surface area contributed by atoms with Gasteiger partial charge in [-0.15, -0.1) is 0 Å². The Morgan fingerprint density at radius 3 is 2.73 bits per heavy atom.